The van der Waals surface area contributed by atoms with E-state index < -0.39 is 29.6 Å². The number of nitrogens with one attached hydrogen (secondary N) is 1. The summed E-state index contributed by atoms with van der Waals surface area (Å²) >= 11 is 0. The van der Waals surface area contributed by atoms with Crippen molar-refractivity contribution in [2.24, 2.45) is 0 Å². The maximum atomic E-state index is 11.9. The molecule has 0 aliphatic heterocycles. The molecule has 24 heavy (non-hydrogen) atoms. The number of rotatable bonds is 5. The second-order valence-corrected chi connectivity index (χ2v) is 5.61. The Balaban J connectivity index is 2.21. The highest BCUT2D eigenvalue weighted by Crippen LogP contribution is 2.24. The highest BCUT2D eigenvalue weighted by molar-refractivity contribution is 5.86. The molecule has 1 amide bonds. The molecule has 1 N–H and O–H groups in total. The first-order valence-corrected chi connectivity index (χ1v) is 7.42. The minimum Gasteiger partial charge on any atom is -0.548 e. The third kappa shape index (κ3) is 3.56. The van der Waals surface area contributed by atoms with Gasteiger partial charge in [-0.05, 0) is 45.4 Å². The molecule has 7 nitrogen and oxygen atoms in total. The van der Waals surface area contributed by atoms with E-state index in [0.29, 0.717) is 16.9 Å². The van der Waals surface area contributed by atoms with Crippen LogP contribution in [0.15, 0.2) is 27.4 Å². The molecule has 0 aliphatic rings. The van der Waals surface area contributed by atoms with Crippen LogP contribution in [-0.2, 0) is 9.59 Å². The van der Waals surface area contributed by atoms with Crippen LogP contribution in [0.4, 0.5) is 0 Å². The summed E-state index contributed by atoms with van der Waals surface area (Å²) in [5.41, 5.74) is 1.29. The molecule has 0 saturated heterocycles. The molecule has 0 unspecified atom stereocenters. The van der Waals surface area contributed by atoms with Gasteiger partial charge in [0.05, 0.1) is 12.0 Å². The average Bonchev–Trinajstić information content (AvgIpc) is 2.52. The number of fused-ring (bicyclic) bond motifs is 1. The molecule has 0 saturated carbocycles. The number of carboxylic acids is 1. The van der Waals surface area contributed by atoms with E-state index in [-0.39, 0.29) is 0 Å². The molecule has 2 aromatic rings. The van der Waals surface area contributed by atoms with E-state index in [1.165, 1.54) is 19.9 Å². The fourth-order valence-electron chi connectivity index (χ4n) is 2.15. The van der Waals surface area contributed by atoms with Gasteiger partial charge in [-0.1, -0.05) is 0 Å². The summed E-state index contributed by atoms with van der Waals surface area (Å²) in [5, 5.41) is 13.7. The largest absolute Gasteiger partial charge is 0.548 e. The Kier molecular flexibility index (Phi) is 4.92. The van der Waals surface area contributed by atoms with Gasteiger partial charge in [-0.3, -0.25) is 4.79 Å². The molecule has 1 aromatic heterocycles. The highest BCUT2D eigenvalue weighted by atomic mass is 16.5. The number of hydrogen-bond donors (Lipinski definition) is 1. The van der Waals surface area contributed by atoms with Crippen LogP contribution in [0.3, 0.4) is 0 Å². The van der Waals surface area contributed by atoms with Gasteiger partial charge < -0.3 is 24.4 Å². The molecule has 0 spiro atoms. The van der Waals surface area contributed by atoms with Crippen LogP contribution in [0.2, 0.25) is 0 Å². The molecular weight excluding hydrogens is 314 g/mol. The zero-order valence-corrected chi connectivity index (χ0v) is 13.8. The third-order valence-electron chi connectivity index (χ3n) is 3.82. The molecular formula is C17H18NO6-. The summed E-state index contributed by atoms with van der Waals surface area (Å²) in [5.74, 6) is -1.64. The smallest absolute Gasteiger partial charge is 0.339 e. The summed E-state index contributed by atoms with van der Waals surface area (Å²) in [4.78, 5) is 34.3. The van der Waals surface area contributed by atoms with Crippen molar-refractivity contribution < 1.29 is 23.8 Å². The lowest BCUT2D eigenvalue weighted by Crippen LogP contribution is -2.49. The first kappa shape index (κ1) is 17.5. The minimum atomic E-state index is -1.38. The lowest BCUT2D eigenvalue weighted by molar-refractivity contribution is -0.307. The quantitative estimate of drug-likeness (QED) is 0.796. The second kappa shape index (κ2) is 6.74. The number of amides is 1. The lowest BCUT2D eigenvalue weighted by Gasteiger charge is -2.19. The number of hydrogen-bond acceptors (Lipinski definition) is 6. The van der Waals surface area contributed by atoms with E-state index in [9.17, 15) is 19.5 Å². The fraction of sp³-hybridized carbons (Fsp3) is 0.353. The van der Waals surface area contributed by atoms with Crippen molar-refractivity contribution in [1.29, 1.82) is 0 Å². The molecule has 2 atom stereocenters. The number of carbonyl (C=O) groups excluding carboxylic acids is 2. The number of benzene rings is 1. The Morgan fingerprint density at radius 3 is 2.50 bits per heavy atom. The van der Waals surface area contributed by atoms with Crippen molar-refractivity contribution in [3.63, 3.8) is 0 Å². The maximum absolute atomic E-state index is 11.9. The topological polar surface area (TPSA) is 109 Å². The maximum Gasteiger partial charge on any atom is 0.339 e. The number of aliphatic carboxylic acids is 1. The van der Waals surface area contributed by atoms with Crippen LogP contribution < -0.4 is 20.8 Å². The Hall–Kier alpha value is -2.83. The normalized spacial score (nSPS) is 13.3. The van der Waals surface area contributed by atoms with E-state index in [1.807, 2.05) is 6.92 Å². The minimum absolute atomic E-state index is 0.331. The molecule has 1 heterocycles. The molecule has 7 heteroatoms. The van der Waals surface area contributed by atoms with Crippen molar-refractivity contribution in [2.75, 3.05) is 0 Å². The molecule has 0 aliphatic carbocycles. The lowest BCUT2D eigenvalue weighted by atomic mass is 10.1. The Morgan fingerprint density at radius 1 is 1.21 bits per heavy atom. The highest BCUT2D eigenvalue weighted by Gasteiger charge is 2.18. The number of ether oxygens (including phenoxy) is 1. The standard InChI is InChI=1S/C17H19NO6/c1-8-9(2)17(22)24-14-7-12(5-6-13(8)14)23-11(4)15(19)18-10(3)16(20)21/h5-7,10-11H,1-4H3,(H,18,19)(H,20,21)/p-1/t10-,11-/m0/s1. The van der Waals surface area contributed by atoms with Gasteiger partial charge in [-0.2, -0.15) is 0 Å². The Labute approximate surface area is 138 Å². The molecule has 0 bridgehead atoms. The fourth-order valence-corrected chi connectivity index (χ4v) is 2.15. The summed E-state index contributed by atoms with van der Waals surface area (Å²) in [6.45, 7) is 6.30. The van der Waals surface area contributed by atoms with Gasteiger partial charge in [-0.15, -0.1) is 0 Å². The van der Waals surface area contributed by atoms with Gasteiger partial charge in [0.2, 0.25) is 0 Å². The molecule has 2 rings (SSSR count). The average molecular weight is 332 g/mol. The Morgan fingerprint density at radius 2 is 1.88 bits per heavy atom. The van der Waals surface area contributed by atoms with Gasteiger partial charge >= 0.3 is 5.63 Å². The number of carboxylic acid groups (broad SMARTS) is 1. The summed E-state index contributed by atoms with van der Waals surface area (Å²) < 4.78 is 10.7. The molecule has 0 fully saturated rings. The van der Waals surface area contributed by atoms with Crippen molar-refractivity contribution in [3.05, 3.63) is 39.7 Å². The number of aryl methyl sites for hydroxylation is 1. The third-order valence-corrected chi connectivity index (χ3v) is 3.82. The van der Waals surface area contributed by atoms with E-state index >= 15 is 0 Å². The van der Waals surface area contributed by atoms with Gasteiger partial charge in [0, 0.05) is 17.0 Å². The van der Waals surface area contributed by atoms with Crippen LogP contribution >= 0.6 is 0 Å². The zero-order valence-electron chi connectivity index (χ0n) is 13.8. The monoisotopic (exact) mass is 332 g/mol. The second-order valence-electron chi connectivity index (χ2n) is 5.61. The van der Waals surface area contributed by atoms with E-state index in [0.717, 1.165) is 10.9 Å². The Bertz CT molecular complexity index is 854. The SMILES string of the molecule is Cc1c(C)c2ccc(O[C@@H](C)C(=O)N[C@@H](C)C(=O)[O-])cc2oc1=O. The summed E-state index contributed by atoms with van der Waals surface area (Å²) in [6, 6.07) is 3.80. The van der Waals surface area contributed by atoms with Crippen molar-refractivity contribution in [3.8, 4) is 5.75 Å². The molecule has 128 valence electrons. The van der Waals surface area contributed by atoms with Gasteiger partial charge in [0.25, 0.3) is 5.91 Å². The molecule has 1 aromatic carbocycles. The van der Waals surface area contributed by atoms with Crippen LogP contribution in [0.25, 0.3) is 11.0 Å². The zero-order chi connectivity index (χ0) is 18.0. The number of carbonyl (C=O) groups is 2. The van der Waals surface area contributed by atoms with Crippen molar-refractivity contribution >= 4 is 22.8 Å². The van der Waals surface area contributed by atoms with Crippen molar-refractivity contribution in [1.82, 2.24) is 5.32 Å². The summed E-state index contributed by atoms with van der Waals surface area (Å²) in [7, 11) is 0. The van der Waals surface area contributed by atoms with Crippen LogP contribution in [0.1, 0.15) is 25.0 Å². The van der Waals surface area contributed by atoms with Gasteiger partial charge in [-0.25, -0.2) is 4.79 Å². The van der Waals surface area contributed by atoms with Gasteiger partial charge in [0.15, 0.2) is 6.10 Å². The summed E-state index contributed by atoms with van der Waals surface area (Å²) in [6.07, 6.45) is -0.928. The first-order chi connectivity index (χ1) is 11.2. The van der Waals surface area contributed by atoms with Crippen LogP contribution in [0.5, 0.6) is 5.75 Å². The molecule has 0 radical (unpaired) electrons. The van der Waals surface area contributed by atoms with Crippen LogP contribution in [0, 0.1) is 13.8 Å². The predicted octanol–water partition coefficient (Wildman–Crippen LogP) is 0.432. The van der Waals surface area contributed by atoms with E-state index in [2.05, 4.69) is 5.32 Å². The van der Waals surface area contributed by atoms with Gasteiger partial charge in [0.1, 0.15) is 11.3 Å². The van der Waals surface area contributed by atoms with Crippen molar-refractivity contribution in [2.45, 2.75) is 39.8 Å². The predicted molar refractivity (Wildman–Crippen MR) is 84.7 cm³/mol. The van der Waals surface area contributed by atoms with E-state index in [1.54, 1.807) is 19.1 Å². The van der Waals surface area contributed by atoms with E-state index in [4.69, 9.17) is 9.15 Å². The van der Waals surface area contributed by atoms with Crippen LogP contribution in [-0.4, -0.2) is 24.0 Å². The first-order valence-electron chi connectivity index (χ1n) is 7.42.